The first-order valence-corrected chi connectivity index (χ1v) is 9.80. The van der Waals surface area contributed by atoms with Crippen molar-refractivity contribution in [2.75, 3.05) is 18.4 Å². The molecule has 2 amide bonds. The summed E-state index contributed by atoms with van der Waals surface area (Å²) in [4.78, 5) is 39.6. The number of rotatable bonds is 7. The minimum Gasteiger partial charge on any atom is -0.339 e. The van der Waals surface area contributed by atoms with E-state index in [1.807, 2.05) is 13.8 Å². The Bertz CT molecular complexity index is 935. The lowest BCUT2D eigenvalue weighted by atomic mass is 10.2. The summed E-state index contributed by atoms with van der Waals surface area (Å²) in [5.41, 5.74) is 0.106. The van der Waals surface area contributed by atoms with Crippen molar-refractivity contribution in [1.29, 1.82) is 0 Å². The summed E-state index contributed by atoms with van der Waals surface area (Å²) in [6.07, 6.45) is 3.14. The lowest BCUT2D eigenvalue weighted by Gasteiger charge is -2.22. The quantitative estimate of drug-likeness (QED) is 0.724. The first-order valence-electron chi connectivity index (χ1n) is 9.04. The second-order valence-corrected chi connectivity index (χ2v) is 7.27. The van der Waals surface area contributed by atoms with Gasteiger partial charge < -0.3 is 14.8 Å². The van der Waals surface area contributed by atoms with Crippen LogP contribution in [0.15, 0.2) is 35.3 Å². The number of anilines is 1. The van der Waals surface area contributed by atoms with Crippen molar-refractivity contribution >= 4 is 40.7 Å². The zero-order valence-corrected chi connectivity index (χ0v) is 17.6. The molecule has 1 N–H and O–H groups in total. The molecule has 1 aromatic heterocycles. The Kier molecular flexibility index (Phi) is 7.66. The van der Waals surface area contributed by atoms with E-state index in [2.05, 4.69) is 5.32 Å². The molecule has 0 bridgehead atoms. The van der Waals surface area contributed by atoms with E-state index >= 15 is 0 Å². The van der Waals surface area contributed by atoms with Crippen LogP contribution in [0.5, 0.6) is 0 Å². The molecule has 8 heteroatoms. The summed E-state index contributed by atoms with van der Waals surface area (Å²) in [6, 6.07) is 5.87. The third kappa shape index (κ3) is 5.14. The Morgan fingerprint density at radius 2 is 1.75 bits per heavy atom. The molecule has 6 nitrogen and oxygen atoms in total. The van der Waals surface area contributed by atoms with Gasteiger partial charge in [0.2, 0.25) is 0 Å². The average molecular weight is 424 g/mol. The Morgan fingerprint density at radius 1 is 1.11 bits per heavy atom. The molecular weight excluding hydrogens is 401 g/mol. The van der Waals surface area contributed by atoms with Crippen molar-refractivity contribution in [2.45, 2.75) is 26.7 Å². The monoisotopic (exact) mass is 423 g/mol. The van der Waals surface area contributed by atoms with E-state index in [1.54, 1.807) is 4.90 Å². The SMILES string of the molecule is CCCN(CCC)C(=O)c1cc(NC(=O)c2ccc(Cl)cc2Cl)c(=O)n(C)c1. The van der Waals surface area contributed by atoms with Crippen molar-refractivity contribution in [3.63, 3.8) is 0 Å². The number of aromatic nitrogens is 1. The highest BCUT2D eigenvalue weighted by Gasteiger charge is 2.19. The van der Waals surface area contributed by atoms with Crippen molar-refractivity contribution in [2.24, 2.45) is 7.05 Å². The van der Waals surface area contributed by atoms with Crippen LogP contribution in [0.3, 0.4) is 0 Å². The van der Waals surface area contributed by atoms with Gasteiger partial charge in [0, 0.05) is 31.4 Å². The average Bonchev–Trinajstić information content (AvgIpc) is 2.64. The molecule has 0 atom stereocenters. The van der Waals surface area contributed by atoms with Gasteiger partial charge in [0.1, 0.15) is 5.69 Å². The fourth-order valence-electron chi connectivity index (χ4n) is 2.82. The van der Waals surface area contributed by atoms with Crippen molar-refractivity contribution < 1.29 is 9.59 Å². The number of benzene rings is 1. The summed E-state index contributed by atoms with van der Waals surface area (Å²) in [6.45, 7) is 5.24. The van der Waals surface area contributed by atoms with E-state index in [1.165, 1.54) is 42.1 Å². The normalized spacial score (nSPS) is 10.6. The van der Waals surface area contributed by atoms with E-state index in [9.17, 15) is 14.4 Å². The van der Waals surface area contributed by atoms with Crippen LogP contribution >= 0.6 is 23.2 Å². The zero-order valence-electron chi connectivity index (χ0n) is 16.1. The van der Waals surface area contributed by atoms with Crippen LogP contribution in [-0.2, 0) is 7.05 Å². The van der Waals surface area contributed by atoms with Gasteiger partial charge in [0.15, 0.2) is 0 Å². The number of carbonyl (C=O) groups is 2. The molecule has 2 rings (SSSR count). The molecule has 0 spiro atoms. The highest BCUT2D eigenvalue weighted by Crippen LogP contribution is 2.22. The number of nitrogens with one attached hydrogen (secondary N) is 1. The van der Waals surface area contributed by atoms with Gasteiger partial charge in [-0.1, -0.05) is 37.0 Å². The topological polar surface area (TPSA) is 71.4 Å². The summed E-state index contributed by atoms with van der Waals surface area (Å²) in [5.74, 6) is -0.735. The lowest BCUT2D eigenvalue weighted by Crippen LogP contribution is -2.34. The number of halogens is 2. The third-order valence-corrected chi connectivity index (χ3v) is 4.68. The second kappa shape index (κ2) is 9.75. The van der Waals surface area contributed by atoms with E-state index in [0.717, 1.165) is 12.8 Å². The number of carbonyl (C=O) groups excluding carboxylic acids is 2. The Hall–Kier alpha value is -2.31. The van der Waals surface area contributed by atoms with E-state index < -0.39 is 11.5 Å². The van der Waals surface area contributed by atoms with Crippen LogP contribution in [0, 0.1) is 0 Å². The molecule has 0 saturated carbocycles. The molecule has 1 heterocycles. The van der Waals surface area contributed by atoms with E-state index in [0.29, 0.717) is 23.7 Å². The molecule has 0 saturated heterocycles. The molecule has 2 aromatic rings. The summed E-state index contributed by atoms with van der Waals surface area (Å²) < 4.78 is 1.28. The maximum absolute atomic E-state index is 12.8. The number of hydrogen-bond acceptors (Lipinski definition) is 3. The lowest BCUT2D eigenvalue weighted by molar-refractivity contribution is 0.0754. The molecule has 0 radical (unpaired) electrons. The highest BCUT2D eigenvalue weighted by atomic mass is 35.5. The van der Waals surface area contributed by atoms with Crippen molar-refractivity contribution in [1.82, 2.24) is 9.47 Å². The fourth-order valence-corrected chi connectivity index (χ4v) is 3.31. The number of pyridine rings is 1. The number of amides is 2. The van der Waals surface area contributed by atoms with Gasteiger partial charge in [-0.05, 0) is 37.1 Å². The molecule has 0 aliphatic rings. The van der Waals surface area contributed by atoms with Crippen LogP contribution in [0.4, 0.5) is 5.69 Å². The van der Waals surface area contributed by atoms with Gasteiger partial charge in [-0.2, -0.15) is 0 Å². The van der Waals surface area contributed by atoms with Gasteiger partial charge in [0.05, 0.1) is 16.1 Å². The van der Waals surface area contributed by atoms with Crippen LogP contribution in [-0.4, -0.2) is 34.4 Å². The minimum absolute atomic E-state index is 0.0114. The second-order valence-electron chi connectivity index (χ2n) is 6.43. The van der Waals surface area contributed by atoms with Gasteiger partial charge >= 0.3 is 0 Å². The molecular formula is C20H23Cl2N3O3. The molecule has 0 aliphatic heterocycles. The summed E-state index contributed by atoms with van der Waals surface area (Å²) >= 11 is 11.9. The van der Waals surface area contributed by atoms with Crippen LogP contribution in [0.1, 0.15) is 47.4 Å². The Labute approximate surface area is 174 Å². The largest absolute Gasteiger partial charge is 0.339 e. The standard InChI is InChI=1S/C20H23Cl2N3O3/c1-4-8-25(9-5-2)19(27)13-10-17(20(28)24(3)12-13)23-18(26)15-7-6-14(21)11-16(15)22/h6-7,10-12H,4-5,8-9H2,1-3H3,(H,23,26). The van der Waals surface area contributed by atoms with Gasteiger partial charge in [-0.3, -0.25) is 14.4 Å². The van der Waals surface area contributed by atoms with E-state index in [-0.39, 0.29) is 22.2 Å². The van der Waals surface area contributed by atoms with E-state index in [4.69, 9.17) is 23.2 Å². The van der Waals surface area contributed by atoms with Gasteiger partial charge in [-0.15, -0.1) is 0 Å². The molecule has 0 aliphatic carbocycles. The first kappa shape index (κ1) is 22.0. The Morgan fingerprint density at radius 3 is 2.32 bits per heavy atom. The van der Waals surface area contributed by atoms with Crippen molar-refractivity contribution in [3.8, 4) is 0 Å². The number of aryl methyl sites for hydroxylation is 1. The van der Waals surface area contributed by atoms with Gasteiger partial charge in [-0.25, -0.2) is 0 Å². The van der Waals surface area contributed by atoms with Gasteiger partial charge in [0.25, 0.3) is 17.4 Å². The van der Waals surface area contributed by atoms with Crippen LogP contribution < -0.4 is 10.9 Å². The predicted molar refractivity (Wildman–Crippen MR) is 113 cm³/mol. The molecule has 0 unspecified atom stereocenters. The molecule has 28 heavy (non-hydrogen) atoms. The maximum atomic E-state index is 12.8. The third-order valence-electron chi connectivity index (χ3n) is 4.13. The summed E-state index contributed by atoms with van der Waals surface area (Å²) in [7, 11) is 1.54. The first-order chi connectivity index (χ1) is 13.3. The molecule has 150 valence electrons. The molecule has 0 fully saturated rings. The maximum Gasteiger partial charge on any atom is 0.274 e. The Balaban J connectivity index is 2.36. The summed E-state index contributed by atoms with van der Waals surface area (Å²) in [5, 5.41) is 3.13. The van der Waals surface area contributed by atoms with Crippen LogP contribution in [0.2, 0.25) is 10.0 Å². The highest BCUT2D eigenvalue weighted by molar-refractivity contribution is 6.37. The number of hydrogen-bond donors (Lipinski definition) is 1. The van der Waals surface area contributed by atoms with Crippen molar-refractivity contribution in [3.05, 3.63) is 62.0 Å². The predicted octanol–water partition coefficient (Wildman–Crippen LogP) is 4.21. The zero-order chi connectivity index (χ0) is 20.8. The smallest absolute Gasteiger partial charge is 0.274 e. The fraction of sp³-hybridized carbons (Fsp3) is 0.350. The minimum atomic E-state index is -0.553. The van der Waals surface area contributed by atoms with Crippen LogP contribution in [0.25, 0.3) is 0 Å². The molecule has 1 aromatic carbocycles. The number of nitrogens with zero attached hydrogens (tertiary/aromatic N) is 2.